The highest BCUT2D eigenvalue weighted by Gasteiger charge is 2.34. The summed E-state index contributed by atoms with van der Waals surface area (Å²) < 4.78 is 9.16. The zero-order chi connectivity index (χ0) is 10.0. The number of aliphatic hydroxyl groups excluding tert-OH is 1. The van der Waals surface area contributed by atoms with Crippen molar-refractivity contribution in [2.45, 2.75) is 26.4 Å². The van der Waals surface area contributed by atoms with Gasteiger partial charge in [-0.3, -0.25) is 4.79 Å². The first-order valence-corrected chi connectivity index (χ1v) is 3.91. The Kier molecular flexibility index (Phi) is 2.55. The number of hydrogen-bond acceptors (Lipinski definition) is 5. The summed E-state index contributed by atoms with van der Waals surface area (Å²) in [5, 5.41) is 9.23. The van der Waals surface area contributed by atoms with Crippen LogP contribution in [0.3, 0.4) is 0 Å². The van der Waals surface area contributed by atoms with E-state index in [-0.39, 0.29) is 17.9 Å². The molecule has 13 heavy (non-hydrogen) atoms. The molecule has 1 heterocycles. The summed E-state index contributed by atoms with van der Waals surface area (Å²) in [7, 11) is 0. The molecular formula is C8H10O5. The molecule has 0 aromatic heterocycles. The standard InChI is InChI=1S/C8H10O5/c1-3-5(9)13-7-6(10)4(2)12-8(7)11/h4,10H,3H2,1-2H3. The van der Waals surface area contributed by atoms with Gasteiger partial charge in [-0.25, -0.2) is 4.79 Å². The van der Waals surface area contributed by atoms with Gasteiger partial charge in [-0.15, -0.1) is 0 Å². The summed E-state index contributed by atoms with van der Waals surface area (Å²) in [4.78, 5) is 21.7. The van der Waals surface area contributed by atoms with Gasteiger partial charge in [0.15, 0.2) is 11.9 Å². The number of aliphatic hydroxyl groups is 1. The largest absolute Gasteiger partial charge is 0.505 e. The molecule has 5 nitrogen and oxygen atoms in total. The Balaban J connectivity index is 2.78. The monoisotopic (exact) mass is 186 g/mol. The fourth-order valence-electron chi connectivity index (χ4n) is 0.839. The second kappa shape index (κ2) is 3.47. The van der Waals surface area contributed by atoms with E-state index >= 15 is 0 Å². The number of hydrogen-bond donors (Lipinski definition) is 1. The average molecular weight is 186 g/mol. The molecule has 0 aromatic carbocycles. The maximum absolute atomic E-state index is 10.9. The van der Waals surface area contributed by atoms with E-state index in [1.165, 1.54) is 6.92 Å². The summed E-state index contributed by atoms with van der Waals surface area (Å²) in [6.07, 6.45) is -0.592. The normalized spacial score (nSPS) is 21.7. The number of cyclic esters (lactones) is 1. The lowest BCUT2D eigenvalue weighted by Gasteiger charge is -1.99. The summed E-state index contributed by atoms with van der Waals surface area (Å²) in [6.45, 7) is 3.07. The Hall–Kier alpha value is -1.52. The van der Waals surface area contributed by atoms with Crippen LogP contribution in [0.25, 0.3) is 0 Å². The highest BCUT2D eigenvalue weighted by molar-refractivity contribution is 5.92. The summed E-state index contributed by atoms with van der Waals surface area (Å²) in [5.74, 6) is -2.09. The molecule has 0 aromatic rings. The molecule has 0 radical (unpaired) electrons. The van der Waals surface area contributed by atoms with Gasteiger partial charge in [0.25, 0.3) is 5.76 Å². The van der Waals surface area contributed by atoms with Gasteiger partial charge in [0.1, 0.15) is 0 Å². The Morgan fingerprint density at radius 3 is 2.69 bits per heavy atom. The van der Waals surface area contributed by atoms with E-state index in [2.05, 4.69) is 9.47 Å². The van der Waals surface area contributed by atoms with Gasteiger partial charge >= 0.3 is 11.9 Å². The van der Waals surface area contributed by atoms with Gasteiger partial charge < -0.3 is 14.6 Å². The minimum absolute atomic E-state index is 0.137. The molecule has 0 bridgehead atoms. The zero-order valence-electron chi connectivity index (χ0n) is 7.36. The highest BCUT2D eigenvalue weighted by Crippen LogP contribution is 2.21. The fraction of sp³-hybridized carbons (Fsp3) is 0.500. The van der Waals surface area contributed by atoms with Crippen LogP contribution in [0.2, 0.25) is 0 Å². The number of rotatable bonds is 2. The van der Waals surface area contributed by atoms with Crippen LogP contribution in [-0.4, -0.2) is 23.1 Å². The maximum atomic E-state index is 10.9. The quantitative estimate of drug-likeness (QED) is 0.641. The molecule has 1 aliphatic rings. The molecule has 72 valence electrons. The van der Waals surface area contributed by atoms with Crippen molar-refractivity contribution in [1.82, 2.24) is 0 Å². The van der Waals surface area contributed by atoms with Gasteiger partial charge in [-0.1, -0.05) is 6.92 Å². The van der Waals surface area contributed by atoms with E-state index in [0.29, 0.717) is 0 Å². The third-order valence-electron chi connectivity index (χ3n) is 1.59. The van der Waals surface area contributed by atoms with Crippen LogP contribution in [0, 0.1) is 0 Å². The number of carbonyl (C=O) groups excluding carboxylic acids is 2. The zero-order valence-corrected chi connectivity index (χ0v) is 7.36. The van der Waals surface area contributed by atoms with Crippen molar-refractivity contribution < 1.29 is 24.2 Å². The minimum Gasteiger partial charge on any atom is -0.505 e. The lowest BCUT2D eigenvalue weighted by Crippen LogP contribution is -2.09. The van der Waals surface area contributed by atoms with Crippen molar-refractivity contribution in [2.75, 3.05) is 0 Å². The average Bonchev–Trinajstić information content (AvgIpc) is 2.32. The molecule has 0 spiro atoms. The molecule has 0 fully saturated rings. The van der Waals surface area contributed by atoms with Crippen molar-refractivity contribution in [3.63, 3.8) is 0 Å². The van der Waals surface area contributed by atoms with Crippen LogP contribution in [0.15, 0.2) is 11.5 Å². The lowest BCUT2D eigenvalue weighted by atomic mass is 10.3. The van der Waals surface area contributed by atoms with Crippen molar-refractivity contribution in [1.29, 1.82) is 0 Å². The van der Waals surface area contributed by atoms with E-state index in [1.54, 1.807) is 6.92 Å². The summed E-state index contributed by atoms with van der Waals surface area (Å²) in [5.41, 5.74) is 0. The Morgan fingerprint density at radius 2 is 2.31 bits per heavy atom. The minimum atomic E-state index is -0.799. The first-order chi connectivity index (χ1) is 6.06. The van der Waals surface area contributed by atoms with Gasteiger partial charge in [0, 0.05) is 6.42 Å². The molecule has 0 saturated carbocycles. The molecule has 1 rings (SSSR count). The van der Waals surface area contributed by atoms with Crippen molar-refractivity contribution in [2.24, 2.45) is 0 Å². The van der Waals surface area contributed by atoms with E-state index in [9.17, 15) is 14.7 Å². The molecule has 1 atom stereocenters. The third kappa shape index (κ3) is 1.80. The second-order valence-corrected chi connectivity index (χ2v) is 2.59. The number of esters is 2. The van der Waals surface area contributed by atoms with Crippen LogP contribution >= 0.6 is 0 Å². The van der Waals surface area contributed by atoms with Crippen molar-refractivity contribution >= 4 is 11.9 Å². The van der Waals surface area contributed by atoms with E-state index in [0.717, 1.165) is 0 Å². The smallest absolute Gasteiger partial charge is 0.378 e. The van der Waals surface area contributed by atoms with Crippen molar-refractivity contribution in [3.8, 4) is 0 Å². The highest BCUT2D eigenvalue weighted by atomic mass is 16.6. The number of carbonyl (C=O) groups is 2. The van der Waals surface area contributed by atoms with Crippen LogP contribution in [0.1, 0.15) is 20.3 Å². The van der Waals surface area contributed by atoms with Crippen LogP contribution in [0.4, 0.5) is 0 Å². The molecule has 1 unspecified atom stereocenters. The lowest BCUT2D eigenvalue weighted by molar-refractivity contribution is -0.149. The molecule has 1 aliphatic heterocycles. The summed E-state index contributed by atoms with van der Waals surface area (Å²) >= 11 is 0. The molecule has 1 N–H and O–H groups in total. The number of ether oxygens (including phenoxy) is 2. The molecule has 0 saturated heterocycles. The first-order valence-electron chi connectivity index (χ1n) is 3.91. The SMILES string of the molecule is CCC(=O)OC1=C(O)C(C)OC1=O. The molecule has 0 amide bonds. The van der Waals surface area contributed by atoms with Gasteiger partial charge in [0.2, 0.25) is 0 Å². The van der Waals surface area contributed by atoms with Crippen LogP contribution in [-0.2, 0) is 19.1 Å². The first kappa shape index (κ1) is 9.57. The van der Waals surface area contributed by atoms with Crippen molar-refractivity contribution in [3.05, 3.63) is 11.5 Å². The molecular weight excluding hydrogens is 176 g/mol. The topological polar surface area (TPSA) is 72.8 Å². The third-order valence-corrected chi connectivity index (χ3v) is 1.59. The maximum Gasteiger partial charge on any atom is 0.378 e. The fourth-order valence-corrected chi connectivity index (χ4v) is 0.839. The van der Waals surface area contributed by atoms with Crippen LogP contribution in [0.5, 0.6) is 0 Å². The van der Waals surface area contributed by atoms with E-state index in [4.69, 9.17) is 0 Å². The second-order valence-electron chi connectivity index (χ2n) is 2.59. The Labute approximate surface area is 74.9 Å². The van der Waals surface area contributed by atoms with Gasteiger partial charge in [0.05, 0.1) is 0 Å². The predicted molar refractivity (Wildman–Crippen MR) is 41.6 cm³/mol. The van der Waals surface area contributed by atoms with E-state index in [1.807, 2.05) is 0 Å². The Morgan fingerprint density at radius 1 is 1.69 bits per heavy atom. The predicted octanol–water partition coefficient (Wildman–Crippen LogP) is 0.654. The van der Waals surface area contributed by atoms with Crippen LogP contribution < -0.4 is 0 Å². The van der Waals surface area contributed by atoms with Gasteiger partial charge in [-0.2, -0.15) is 0 Å². The summed E-state index contributed by atoms with van der Waals surface area (Å²) in [6, 6.07) is 0. The Bertz CT molecular complexity index is 278. The van der Waals surface area contributed by atoms with E-state index < -0.39 is 18.0 Å². The van der Waals surface area contributed by atoms with Gasteiger partial charge in [-0.05, 0) is 6.92 Å². The molecule has 5 heteroatoms. The molecule has 0 aliphatic carbocycles.